The number of benzene rings is 2. The van der Waals surface area contributed by atoms with Gasteiger partial charge in [-0.1, -0.05) is 18.2 Å². The average molecular weight is 365 g/mol. The number of rotatable bonds is 5. The van der Waals surface area contributed by atoms with Crippen LogP contribution in [0.2, 0.25) is 0 Å². The largest absolute Gasteiger partial charge is 0.497 e. The monoisotopic (exact) mass is 365 g/mol. The fourth-order valence-corrected chi connectivity index (χ4v) is 3.43. The molecular weight excluding hydrogens is 342 g/mol. The number of hydrogen-bond donors (Lipinski definition) is 1. The van der Waals surface area contributed by atoms with Crippen molar-refractivity contribution in [1.82, 2.24) is 10.3 Å². The van der Waals surface area contributed by atoms with E-state index in [2.05, 4.69) is 15.2 Å². The number of amides is 1. The number of aromatic nitrogens is 1. The number of carbonyl (C=O) groups is 1. The van der Waals surface area contributed by atoms with E-state index in [0.29, 0.717) is 29.8 Å². The first-order chi connectivity index (χ1) is 13.2. The molecule has 0 unspecified atom stereocenters. The highest BCUT2D eigenvalue weighted by atomic mass is 16.5. The minimum absolute atomic E-state index is 0.0599. The van der Waals surface area contributed by atoms with Crippen molar-refractivity contribution in [2.24, 2.45) is 5.92 Å². The Morgan fingerprint density at radius 3 is 2.81 bits per heavy atom. The van der Waals surface area contributed by atoms with Gasteiger partial charge in [-0.15, -0.1) is 0 Å². The summed E-state index contributed by atoms with van der Waals surface area (Å²) < 4.78 is 11.0. The molecule has 27 heavy (non-hydrogen) atoms. The van der Waals surface area contributed by atoms with Crippen molar-refractivity contribution in [2.45, 2.75) is 12.8 Å². The van der Waals surface area contributed by atoms with Gasteiger partial charge in [0, 0.05) is 25.2 Å². The molecule has 2 aromatic carbocycles. The molecule has 0 saturated carbocycles. The van der Waals surface area contributed by atoms with Gasteiger partial charge in [0.2, 0.25) is 0 Å². The van der Waals surface area contributed by atoms with E-state index < -0.39 is 0 Å². The molecular formula is C21H23N3O3. The Hall–Kier alpha value is -3.02. The van der Waals surface area contributed by atoms with E-state index in [-0.39, 0.29) is 5.91 Å². The Balaban J connectivity index is 1.29. The minimum Gasteiger partial charge on any atom is -0.497 e. The summed E-state index contributed by atoms with van der Waals surface area (Å²) >= 11 is 0. The molecule has 0 spiro atoms. The molecule has 2 heterocycles. The zero-order chi connectivity index (χ0) is 18.6. The van der Waals surface area contributed by atoms with Crippen molar-refractivity contribution >= 4 is 23.0 Å². The highest BCUT2D eigenvalue weighted by Gasteiger charge is 2.23. The quantitative estimate of drug-likeness (QED) is 0.750. The average Bonchev–Trinajstić information content (AvgIpc) is 3.16. The first kappa shape index (κ1) is 17.4. The highest BCUT2D eigenvalue weighted by Crippen LogP contribution is 2.26. The van der Waals surface area contributed by atoms with Gasteiger partial charge >= 0.3 is 0 Å². The predicted octanol–water partition coefficient (Wildman–Crippen LogP) is 3.48. The van der Waals surface area contributed by atoms with Crippen LogP contribution in [0.4, 0.5) is 6.01 Å². The summed E-state index contributed by atoms with van der Waals surface area (Å²) in [5.41, 5.74) is 2.33. The van der Waals surface area contributed by atoms with Crippen LogP contribution < -0.4 is 15.0 Å². The van der Waals surface area contributed by atoms with E-state index >= 15 is 0 Å². The summed E-state index contributed by atoms with van der Waals surface area (Å²) in [5, 5.41) is 3.04. The lowest BCUT2D eigenvalue weighted by atomic mass is 9.97. The number of oxazole rings is 1. The Kier molecular flexibility index (Phi) is 4.96. The predicted molar refractivity (Wildman–Crippen MR) is 104 cm³/mol. The lowest BCUT2D eigenvalue weighted by Crippen LogP contribution is -2.38. The van der Waals surface area contributed by atoms with E-state index in [0.717, 1.165) is 37.0 Å². The Bertz CT molecular complexity index is 896. The summed E-state index contributed by atoms with van der Waals surface area (Å²) in [4.78, 5) is 19.1. The highest BCUT2D eigenvalue weighted by molar-refractivity contribution is 5.94. The molecule has 140 valence electrons. The zero-order valence-corrected chi connectivity index (χ0v) is 15.4. The maximum absolute atomic E-state index is 12.3. The van der Waals surface area contributed by atoms with Gasteiger partial charge in [-0.2, -0.15) is 4.98 Å². The van der Waals surface area contributed by atoms with Crippen LogP contribution >= 0.6 is 0 Å². The molecule has 4 rings (SSSR count). The molecule has 0 bridgehead atoms. The molecule has 0 radical (unpaired) electrons. The summed E-state index contributed by atoms with van der Waals surface area (Å²) in [6.45, 7) is 2.44. The minimum atomic E-state index is -0.0599. The second kappa shape index (κ2) is 7.70. The first-order valence-corrected chi connectivity index (χ1v) is 9.26. The maximum atomic E-state index is 12.3. The molecule has 0 aliphatic carbocycles. The SMILES string of the molecule is COc1cccc(C(=O)NCC2CCN(c3nc4ccccc4o3)CC2)c1. The number of para-hydroxylation sites is 2. The van der Waals surface area contributed by atoms with Gasteiger partial charge in [0.05, 0.1) is 7.11 Å². The van der Waals surface area contributed by atoms with Crippen LogP contribution in [0.5, 0.6) is 5.75 Å². The molecule has 1 N–H and O–H groups in total. The number of anilines is 1. The second-order valence-electron chi connectivity index (χ2n) is 6.84. The van der Waals surface area contributed by atoms with Crippen LogP contribution in [0, 0.1) is 5.92 Å². The summed E-state index contributed by atoms with van der Waals surface area (Å²) in [5.74, 6) is 1.09. The third kappa shape index (κ3) is 3.89. The molecule has 0 atom stereocenters. The van der Waals surface area contributed by atoms with Crippen LogP contribution in [0.1, 0.15) is 23.2 Å². The Morgan fingerprint density at radius 2 is 2.04 bits per heavy atom. The van der Waals surface area contributed by atoms with Gasteiger partial charge in [0.1, 0.15) is 11.3 Å². The van der Waals surface area contributed by atoms with Gasteiger partial charge in [0.15, 0.2) is 5.58 Å². The van der Waals surface area contributed by atoms with Gasteiger partial charge in [0.25, 0.3) is 11.9 Å². The number of carbonyl (C=O) groups excluding carboxylic acids is 1. The van der Waals surface area contributed by atoms with E-state index in [1.54, 1.807) is 19.2 Å². The zero-order valence-electron chi connectivity index (χ0n) is 15.4. The van der Waals surface area contributed by atoms with E-state index in [1.807, 2.05) is 36.4 Å². The summed E-state index contributed by atoms with van der Waals surface area (Å²) in [6, 6.07) is 15.7. The first-order valence-electron chi connectivity index (χ1n) is 9.26. The molecule has 6 nitrogen and oxygen atoms in total. The molecule has 1 aromatic heterocycles. The number of nitrogens with zero attached hydrogens (tertiary/aromatic N) is 2. The molecule has 1 aliphatic heterocycles. The smallest absolute Gasteiger partial charge is 0.298 e. The van der Waals surface area contributed by atoms with Crippen molar-refractivity contribution in [3.63, 3.8) is 0 Å². The van der Waals surface area contributed by atoms with Gasteiger partial charge in [-0.05, 0) is 49.1 Å². The van der Waals surface area contributed by atoms with Crippen molar-refractivity contribution in [3.8, 4) is 5.75 Å². The topological polar surface area (TPSA) is 67.6 Å². The molecule has 1 saturated heterocycles. The van der Waals surface area contributed by atoms with Crippen LogP contribution in [0.25, 0.3) is 11.1 Å². The number of ether oxygens (including phenoxy) is 1. The normalized spacial score (nSPS) is 15.1. The number of fused-ring (bicyclic) bond motifs is 1. The van der Waals surface area contributed by atoms with Crippen LogP contribution in [0.15, 0.2) is 52.9 Å². The summed E-state index contributed by atoms with van der Waals surface area (Å²) in [7, 11) is 1.60. The second-order valence-corrected chi connectivity index (χ2v) is 6.84. The number of hydrogen-bond acceptors (Lipinski definition) is 5. The Morgan fingerprint density at radius 1 is 1.22 bits per heavy atom. The molecule has 3 aromatic rings. The van der Waals surface area contributed by atoms with Crippen LogP contribution in [-0.2, 0) is 0 Å². The lowest BCUT2D eigenvalue weighted by Gasteiger charge is -2.30. The van der Waals surface area contributed by atoms with Crippen LogP contribution in [-0.4, -0.2) is 37.6 Å². The Labute approximate surface area is 158 Å². The fourth-order valence-electron chi connectivity index (χ4n) is 3.43. The van der Waals surface area contributed by atoms with Crippen molar-refractivity contribution in [3.05, 3.63) is 54.1 Å². The molecule has 1 amide bonds. The van der Waals surface area contributed by atoms with E-state index in [4.69, 9.17) is 9.15 Å². The third-order valence-electron chi connectivity index (χ3n) is 5.05. The van der Waals surface area contributed by atoms with Crippen molar-refractivity contribution in [1.29, 1.82) is 0 Å². The van der Waals surface area contributed by atoms with Crippen molar-refractivity contribution < 1.29 is 13.9 Å². The van der Waals surface area contributed by atoms with Gasteiger partial charge < -0.3 is 19.4 Å². The van der Waals surface area contributed by atoms with Crippen molar-refractivity contribution in [2.75, 3.05) is 31.6 Å². The molecule has 6 heteroatoms. The van der Waals surface area contributed by atoms with E-state index in [9.17, 15) is 4.79 Å². The number of nitrogens with one attached hydrogen (secondary N) is 1. The summed E-state index contributed by atoms with van der Waals surface area (Å²) in [6.07, 6.45) is 1.99. The standard InChI is InChI=1S/C21H23N3O3/c1-26-17-6-4-5-16(13-17)20(25)22-14-15-9-11-24(12-10-15)21-23-18-7-2-3-8-19(18)27-21/h2-8,13,15H,9-12,14H2,1H3,(H,22,25). The number of piperidine rings is 1. The fraction of sp³-hybridized carbons (Fsp3) is 0.333. The lowest BCUT2D eigenvalue weighted by molar-refractivity contribution is 0.0944. The van der Waals surface area contributed by atoms with E-state index in [1.165, 1.54) is 0 Å². The third-order valence-corrected chi connectivity index (χ3v) is 5.05. The molecule has 1 aliphatic rings. The van der Waals surface area contributed by atoms with Gasteiger partial charge in [-0.25, -0.2) is 0 Å². The number of methoxy groups -OCH3 is 1. The molecule has 1 fully saturated rings. The maximum Gasteiger partial charge on any atom is 0.298 e. The van der Waals surface area contributed by atoms with Crippen LogP contribution in [0.3, 0.4) is 0 Å². The van der Waals surface area contributed by atoms with Gasteiger partial charge in [-0.3, -0.25) is 4.79 Å².